The van der Waals surface area contributed by atoms with Crippen molar-refractivity contribution >= 4 is 0 Å². The SMILES string of the molecule is CCNC(CCCOC)Cc1cccc(O)c1. The molecule has 0 saturated heterocycles. The second kappa shape index (κ2) is 8.09. The highest BCUT2D eigenvalue weighted by Crippen LogP contribution is 2.14. The normalized spacial score (nSPS) is 12.6. The second-order valence-electron chi connectivity index (χ2n) is 4.26. The Labute approximate surface area is 104 Å². The Morgan fingerprint density at radius 3 is 2.88 bits per heavy atom. The van der Waals surface area contributed by atoms with E-state index >= 15 is 0 Å². The molecule has 0 fully saturated rings. The molecule has 0 aliphatic carbocycles. The molecule has 1 aromatic rings. The maximum absolute atomic E-state index is 9.43. The fourth-order valence-corrected chi connectivity index (χ4v) is 2.01. The quantitative estimate of drug-likeness (QED) is 0.682. The lowest BCUT2D eigenvalue weighted by Crippen LogP contribution is -2.31. The highest BCUT2D eigenvalue weighted by Gasteiger charge is 2.08. The summed E-state index contributed by atoms with van der Waals surface area (Å²) in [6, 6.07) is 7.94. The maximum Gasteiger partial charge on any atom is 0.115 e. The van der Waals surface area contributed by atoms with Gasteiger partial charge in [-0.25, -0.2) is 0 Å². The van der Waals surface area contributed by atoms with Crippen LogP contribution in [-0.4, -0.2) is 31.4 Å². The van der Waals surface area contributed by atoms with Gasteiger partial charge < -0.3 is 15.2 Å². The molecule has 0 aliphatic heterocycles. The molecule has 0 bridgehead atoms. The van der Waals surface area contributed by atoms with Gasteiger partial charge in [0.05, 0.1) is 0 Å². The van der Waals surface area contributed by atoms with Gasteiger partial charge >= 0.3 is 0 Å². The van der Waals surface area contributed by atoms with Gasteiger partial charge in [-0.2, -0.15) is 0 Å². The summed E-state index contributed by atoms with van der Waals surface area (Å²) in [4.78, 5) is 0. The molecule has 1 atom stereocenters. The molecule has 96 valence electrons. The lowest BCUT2D eigenvalue weighted by atomic mass is 10.0. The molecular formula is C14H23NO2. The number of rotatable bonds is 8. The highest BCUT2D eigenvalue weighted by molar-refractivity contribution is 5.27. The minimum Gasteiger partial charge on any atom is -0.508 e. The van der Waals surface area contributed by atoms with E-state index in [1.165, 1.54) is 5.56 Å². The molecule has 0 saturated carbocycles. The fourth-order valence-electron chi connectivity index (χ4n) is 2.01. The number of nitrogens with one attached hydrogen (secondary N) is 1. The van der Waals surface area contributed by atoms with Crippen LogP contribution >= 0.6 is 0 Å². The summed E-state index contributed by atoms with van der Waals surface area (Å²) in [5, 5.41) is 12.9. The molecule has 3 heteroatoms. The zero-order valence-electron chi connectivity index (χ0n) is 10.8. The highest BCUT2D eigenvalue weighted by atomic mass is 16.5. The van der Waals surface area contributed by atoms with Gasteiger partial charge in [0.1, 0.15) is 5.75 Å². The summed E-state index contributed by atoms with van der Waals surface area (Å²) in [6.07, 6.45) is 3.11. The molecule has 1 rings (SSSR count). The number of phenolic OH excluding ortho intramolecular Hbond substituents is 1. The molecule has 0 spiro atoms. The molecule has 0 aromatic heterocycles. The number of phenols is 1. The zero-order chi connectivity index (χ0) is 12.5. The van der Waals surface area contributed by atoms with Crippen molar-refractivity contribution in [1.29, 1.82) is 0 Å². The predicted octanol–water partition coefficient (Wildman–Crippen LogP) is 2.34. The van der Waals surface area contributed by atoms with Gasteiger partial charge in [-0.15, -0.1) is 0 Å². The Morgan fingerprint density at radius 2 is 2.24 bits per heavy atom. The van der Waals surface area contributed by atoms with Crippen LogP contribution in [0.4, 0.5) is 0 Å². The van der Waals surface area contributed by atoms with Crippen LogP contribution in [0.25, 0.3) is 0 Å². The summed E-state index contributed by atoms with van der Waals surface area (Å²) in [6.45, 7) is 3.89. The summed E-state index contributed by atoms with van der Waals surface area (Å²) < 4.78 is 5.07. The van der Waals surface area contributed by atoms with Crippen molar-refractivity contribution < 1.29 is 9.84 Å². The average molecular weight is 237 g/mol. The smallest absolute Gasteiger partial charge is 0.115 e. The average Bonchev–Trinajstić information content (AvgIpc) is 2.29. The van der Waals surface area contributed by atoms with Crippen LogP contribution < -0.4 is 5.32 Å². The second-order valence-corrected chi connectivity index (χ2v) is 4.26. The number of ether oxygens (including phenoxy) is 1. The minimum atomic E-state index is 0.342. The van der Waals surface area contributed by atoms with Crippen molar-refractivity contribution in [2.45, 2.75) is 32.2 Å². The van der Waals surface area contributed by atoms with Gasteiger partial charge in [-0.3, -0.25) is 0 Å². The first-order chi connectivity index (χ1) is 8.26. The minimum absolute atomic E-state index is 0.342. The molecule has 1 unspecified atom stereocenters. The maximum atomic E-state index is 9.43. The van der Waals surface area contributed by atoms with E-state index < -0.39 is 0 Å². The number of aromatic hydroxyl groups is 1. The first kappa shape index (κ1) is 14.0. The standard InChI is InChI=1S/C14H23NO2/c1-3-15-13(7-5-9-17-2)10-12-6-4-8-14(16)11-12/h4,6,8,11,13,15-16H,3,5,7,9-10H2,1-2H3. The summed E-state index contributed by atoms with van der Waals surface area (Å²) in [5.74, 6) is 0.342. The van der Waals surface area contributed by atoms with Crippen LogP contribution in [-0.2, 0) is 11.2 Å². The molecule has 0 heterocycles. The Bertz CT molecular complexity index is 315. The van der Waals surface area contributed by atoms with Crippen molar-refractivity contribution in [3.05, 3.63) is 29.8 Å². The Balaban J connectivity index is 2.47. The van der Waals surface area contributed by atoms with E-state index in [4.69, 9.17) is 4.74 Å². The van der Waals surface area contributed by atoms with Gasteiger partial charge in [0, 0.05) is 19.8 Å². The van der Waals surface area contributed by atoms with Gasteiger partial charge in [0.15, 0.2) is 0 Å². The number of benzene rings is 1. The van der Waals surface area contributed by atoms with E-state index in [0.717, 1.165) is 32.4 Å². The van der Waals surface area contributed by atoms with Crippen LogP contribution in [0.1, 0.15) is 25.3 Å². The molecule has 17 heavy (non-hydrogen) atoms. The Kier molecular flexibility index (Phi) is 6.67. The van der Waals surface area contributed by atoms with Crippen molar-refractivity contribution in [2.75, 3.05) is 20.3 Å². The van der Waals surface area contributed by atoms with E-state index in [2.05, 4.69) is 18.3 Å². The molecule has 2 N–H and O–H groups in total. The number of hydrogen-bond acceptors (Lipinski definition) is 3. The molecule has 3 nitrogen and oxygen atoms in total. The van der Waals surface area contributed by atoms with E-state index in [1.807, 2.05) is 12.1 Å². The third kappa shape index (κ3) is 5.71. The van der Waals surface area contributed by atoms with E-state index in [9.17, 15) is 5.11 Å². The van der Waals surface area contributed by atoms with Crippen LogP contribution in [0.15, 0.2) is 24.3 Å². The van der Waals surface area contributed by atoms with E-state index in [1.54, 1.807) is 13.2 Å². The van der Waals surface area contributed by atoms with Crippen LogP contribution in [0.5, 0.6) is 5.75 Å². The number of likely N-dealkylation sites (N-methyl/N-ethyl adjacent to an activating group) is 1. The van der Waals surface area contributed by atoms with E-state index in [0.29, 0.717) is 11.8 Å². The van der Waals surface area contributed by atoms with Crippen LogP contribution in [0.3, 0.4) is 0 Å². The van der Waals surface area contributed by atoms with Gasteiger partial charge in [-0.1, -0.05) is 19.1 Å². The number of hydrogen-bond donors (Lipinski definition) is 2. The van der Waals surface area contributed by atoms with E-state index in [-0.39, 0.29) is 0 Å². The molecular weight excluding hydrogens is 214 g/mol. The lowest BCUT2D eigenvalue weighted by molar-refractivity contribution is 0.188. The van der Waals surface area contributed by atoms with Gasteiger partial charge in [0.25, 0.3) is 0 Å². The summed E-state index contributed by atoms with van der Waals surface area (Å²) >= 11 is 0. The topological polar surface area (TPSA) is 41.5 Å². The third-order valence-corrected chi connectivity index (χ3v) is 2.79. The first-order valence-corrected chi connectivity index (χ1v) is 6.26. The lowest BCUT2D eigenvalue weighted by Gasteiger charge is -2.17. The van der Waals surface area contributed by atoms with Crippen molar-refractivity contribution in [1.82, 2.24) is 5.32 Å². The summed E-state index contributed by atoms with van der Waals surface area (Å²) in [5.41, 5.74) is 1.17. The van der Waals surface area contributed by atoms with Crippen molar-refractivity contribution in [3.63, 3.8) is 0 Å². The fraction of sp³-hybridized carbons (Fsp3) is 0.571. The Hall–Kier alpha value is -1.06. The molecule has 0 aliphatic rings. The monoisotopic (exact) mass is 237 g/mol. The van der Waals surface area contributed by atoms with Gasteiger partial charge in [0.2, 0.25) is 0 Å². The van der Waals surface area contributed by atoms with Crippen molar-refractivity contribution in [2.24, 2.45) is 0 Å². The molecule has 0 radical (unpaired) electrons. The summed E-state index contributed by atoms with van der Waals surface area (Å²) in [7, 11) is 1.73. The number of methoxy groups -OCH3 is 1. The van der Waals surface area contributed by atoms with Crippen molar-refractivity contribution in [3.8, 4) is 5.75 Å². The largest absolute Gasteiger partial charge is 0.508 e. The molecule has 1 aromatic carbocycles. The Morgan fingerprint density at radius 1 is 1.41 bits per heavy atom. The first-order valence-electron chi connectivity index (χ1n) is 6.26. The third-order valence-electron chi connectivity index (χ3n) is 2.79. The van der Waals surface area contributed by atoms with Crippen LogP contribution in [0, 0.1) is 0 Å². The van der Waals surface area contributed by atoms with Gasteiger partial charge in [-0.05, 0) is 43.5 Å². The molecule has 0 amide bonds. The predicted molar refractivity (Wildman–Crippen MR) is 70.4 cm³/mol. The zero-order valence-corrected chi connectivity index (χ0v) is 10.8. The van der Waals surface area contributed by atoms with Crippen LogP contribution in [0.2, 0.25) is 0 Å².